The van der Waals surface area contributed by atoms with Gasteiger partial charge >= 0.3 is 0 Å². The number of halogens is 2. The van der Waals surface area contributed by atoms with E-state index in [0.29, 0.717) is 9.13 Å². The van der Waals surface area contributed by atoms with E-state index in [-0.39, 0.29) is 11.7 Å². The van der Waals surface area contributed by atoms with Crippen LogP contribution in [0.25, 0.3) is 0 Å². The fraction of sp³-hybridized carbons (Fsp3) is 0.222. The highest BCUT2D eigenvalue weighted by Crippen LogP contribution is 2.14. The Morgan fingerprint density at radius 1 is 1.46 bits per heavy atom. The van der Waals surface area contributed by atoms with Crippen molar-refractivity contribution in [3.05, 3.63) is 33.1 Å². The van der Waals surface area contributed by atoms with Gasteiger partial charge in [-0.1, -0.05) is 0 Å². The van der Waals surface area contributed by atoms with Crippen molar-refractivity contribution in [2.75, 3.05) is 14.1 Å². The smallest absolute Gasteiger partial charge is 0.254 e. The van der Waals surface area contributed by atoms with Gasteiger partial charge in [-0.15, -0.1) is 0 Å². The third-order valence-corrected chi connectivity index (χ3v) is 2.46. The van der Waals surface area contributed by atoms with Gasteiger partial charge in [0.05, 0.1) is 5.56 Å². The zero-order valence-corrected chi connectivity index (χ0v) is 9.50. The molecule has 0 N–H and O–H groups in total. The van der Waals surface area contributed by atoms with Gasteiger partial charge in [-0.3, -0.25) is 4.79 Å². The molecule has 0 bridgehead atoms. The highest BCUT2D eigenvalue weighted by Gasteiger charge is 2.11. The first-order valence-electron chi connectivity index (χ1n) is 3.69. The zero-order valence-electron chi connectivity index (χ0n) is 7.34. The van der Waals surface area contributed by atoms with Crippen molar-refractivity contribution in [1.29, 1.82) is 0 Å². The Hall–Kier alpha value is -0.650. The Balaban J connectivity index is 3.09. The lowest BCUT2D eigenvalue weighted by Crippen LogP contribution is -2.22. The Morgan fingerprint density at radius 3 is 2.54 bits per heavy atom. The second-order valence-electron chi connectivity index (χ2n) is 2.82. The van der Waals surface area contributed by atoms with Crippen molar-refractivity contribution in [2.45, 2.75) is 0 Å². The fourth-order valence-electron chi connectivity index (χ4n) is 0.904. The standard InChI is InChI=1S/C9H9FINO/c1-12(2)9(13)7-4-3-6(10)5-8(7)11/h3-5H,1-2H3. The van der Waals surface area contributed by atoms with E-state index in [9.17, 15) is 9.18 Å². The monoisotopic (exact) mass is 293 g/mol. The Bertz CT molecular complexity index is 338. The lowest BCUT2D eigenvalue weighted by molar-refractivity contribution is 0.0826. The topological polar surface area (TPSA) is 20.3 Å². The summed E-state index contributed by atoms with van der Waals surface area (Å²) < 4.78 is 13.3. The largest absolute Gasteiger partial charge is 0.345 e. The van der Waals surface area contributed by atoms with Crippen molar-refractivity contribution < 1.29 is 9.18 Å². The van der Waals surface area contributed by atoms with Crippen molar-refractivity contribution in [1.82, 2.24) is 4.90 Å². The molecule has 0 aliphatic carbocycles. The first-order valence-corrected chi connectivity index (χ1v) is 4.77. The zero-order chi connectivity index (χ0) is 10.0. The molecular weight excluding hydrogens is 284 g/mol. The van der Waals surface area contributed by atoms with Gasteiger partial charge in [0.25, 0.3) is 5.91 Å². The fourth-order valence-corrected chi connectivity index (χ4v) is 1.61. The van der Waals surface area contributed by atoms with Crippen LogP contribution >= 0.6 is 22.6 Å². The van der Waals surface area contributed by atoms with E-state index in [4.69, 9.17) is 0 Å². The van der Waals surface area contributed by atoms with Crippen LogP contribution in [0.4, 0.5) is 4.39 Å². The molecule has 13 heavy (non-hydrogen) atoms. The molecule has 2 nitrogen and oxygen atoms in total. The molecule has 4 heteroatoms. The van der Waals surface area contributed by atoms with Crippen LogP contribution in [0.3, 0.4) is 0 Å². The summed E-state index contributed by atoms with van der Waals surface area (Å²) in [5.74, 6) is -0.427. The lowest BCUT2D eigenvalue weighted by atomic mass is 10.2. The highest BCUT2D eigenvalue weighted by atomic mass is 127. The van der Waals surface area contributed by atoms with Gasteiger partial charge in [-0.25, -0.2) is 4.39 Å². The summed E-state index contributed by atoms with van der Waals surface area (Å²) in [6.07, 6.45) is 0. The van der Waals surface area contributed by atoms with Gasteiger partial charge < -0.3 is 4.90 Å². The number of carbonyl (C=O) groups is 1. The van der Waals surface area contributed by atoms with Gasteiger partial charge in [-0.2, -0.15) is 0 Å². The van der Waals surface area contributed by atoms with Gasteiger partial charge in [0, 0.05) is 17.7 Å². The second kappa shape index (κ2) is 4.04. The van der Waals surface area contributed by atoms with E-state index in [2.05, 4.69) is 0 Å². The number of hydrogen-bond acceptors (Lipinski definition) is 1. The van der Waals surface area contributed by atoms with Crippen LogP contribution in [0.1, 0.15) is 10.4 Å². The van der Waals surface area contributed by atoms with E-state index < -0.39 is 0 Å². The molecule has 1 amide bonds. The summed E-state index contributed by atoms with van der Waals surface area (Å²) in [4.78, 5) is 12.9. The molecule has 0 spiro atoms. The molecule has 0 saturated heterocycles. The minimum absolute atomic E-state index is 0.107. The maximum Gasteiger partial charge on any atom is 0.254 e. The third-order valence-electron chi connectivity index (χ3n) is 1.57. The average molecular weight is 293 g/mol. The van der Waals surface area contributed by atoms with E-state index in [1.54, 1.807) is 14.1 Å². The maximum atomic E-state index is 12.7. The van der Waals surface area contributed by atoms with Crippen LogP contribution < -0.4 is 0 Å². The molecule has 0 aliphatic rings. The summed E-state index contributed by atoms with van der Waals surface area (Å²) in [6.45, 7) is 0. The summed E-state index contributed by atoms with van der Waals surface area (Å²) >= 11 is 1.95. The minimum atomic E-state index is -0.320. The lowest BCUT2D eigenvalue weighted by Gasteiger charge is -2.11. The van der Waals surface area contributed by atoms with E-state index >= 15 is 0 Å². The quantitative estimate of drug-likeness (QED) is 0.726. The van der Waals surface area contributed by atoms with Crippen molar-refractivity contribution in [3.63, 3.8) is 0 Å². The van der Waals surface area contributed by atoms with Crippen LogP contribution in [0.5, 0.6) is 0 Å². The number of rotatable bonds is 1. The van der Waals surface area contributed by atoms with Gasteiger partial charge in [0.2, 0.25) is 0 Å². The van der Waals surface area contributed by atoms with Gasteiger partial charge in [-0.05, 0) is 40.8 Å². The number of amides is 1. The number of benzene rings is 1. The molecule has 0 saturated carbocycles. The van der Waals surface area contributed by atoms with Crippen molar-refractivity contribution in [2.24, 2.45) is 0 Å². The Morgan fingerprint density at radius 2 is 2.08 bits per heavy atom. The molecule has 0 unspecified atom stereocenters. The molecule has 0 fully saturated rings. The Kier molecular flexibility index (Phi) is 3.24. The predicted octanol–water partition coefficient (Wildman–Crippen LogP) is 2.13. The summed E-state index contributed by atoms with van der Waals surface area (Å²) in [7, 11) is 3.34. The molecule has 0 atom stereocenters. The molecular formula is C9H9FINO. The van der Waals surface area contributed by atoms with Crippen LogP contribution in [0.2, 0.25) is 0 Å². The number of nitrogens with zero attached hydrogens (tertiary/aromatic N) is 1. The van der Waals surface area contributed by atoms with Gasteiger partial charge in [0.15, 0.2) is 0 Å². The molecule has 1 rings (SSSR count). The van der Waals surface area contributed by atoms with Crippen LogP contribution in [-0.4, -0.2) is 24.9 Å². The highest BCUT2D eigenvalue weighted by molar-refractivity contribution is 14.1. The molecule has 0 aromatic heterocycles. The molecule has 1 aromatic rings. The summed E-state index contributed by atoms with van der Waals surface area (Å²) in [5, 5.41) is 0. The SMILES string of the molecule is CN(C)C(=O)c1ccc(F)cc1I. The molecule has 0 aliphatic heterocycles. The number of carbonyl (C=O) groups excluding carboxylic acids is 1. The van der Waals surface area contributed by atoms with Crippen LogP contribution in [0, 0.1) is 9.39 Å². The molecule has 0 radical (unpaired) electrons. The van der Waals surface area contributed by atoms with Crippen LogP contribution in [-0.2, 0) is 0 Å². The summed E-state index contributed by atoms with van der Waals surface area (Å²) in [6, 6.07) is 4.13. The first-order chi connectivity index (χ1) is 6.02. The van der Waals surface area contributed by atoms with Gasteiger partial charge in [0.1, 0.15) is 5.82 Å². The van der Waals surface area contributed by atoms with E-state index in [0.717, 1.165) is 0 Å². The average Bonchev–Trinajstić information content (AvgIpc) is 2.03. The van der Waals surface area contributed by atoms with Crippen molar-refractivity contribution >= 4 is 28.5 Å². The normalized spacial score (nSPS) is 9.85. The third kappa shape index (κ3) is 2.40. The van der Waals surface area contributed by atoms with Crippen LogP contribution in [0.15, 0.2) is 18.2 Å². The summed E-state index contributed by atoms with van der Waals surface area (Å²) in [5.41, 5.74) is 0.534. The van der Waals surface area contributed by atoms with E-state index in [1.807, 2.05) is 22.6 Å². The minimum Gasteiger partial charge on any atom is -0.345 e. The second-order valence-corrected chi connectivity index (χ2v) is 3.99. The Labute approximate surface area is 89.9 Å². The number of hydrogen-bond donors (Lipinski definition) is 0. The molecule has 70 valence electrons. The van der Waals surface area contributed by atoms with E-state index in [1.165, 1.54) is 23.1 Å². The maximum absolute atomic E-state index is 12.7. The predicted molar refractivity (Wildman–Crippen MR) is 57.1 cm³/mol. The molecule has 1 aromatic carbocycles. The first kappa shape index (κ1) is 10.4. The van der Waals surface area contributed by atoms with Crippen molar-refractivity contribution in [3.8, 4) is 0 Å². The molecule has 0 heterocycles.